The molecule has 0 radical (unpaired) electrons. The van der Waals surface area contributed by atoms with Crippen molar-refractivity contribution in [2.75, 3.05) is 0 Å². The van der Waals surface area contributed by atoms with E-state index in [0.717, 1.165) is 5.56 Å². The van der Waals surface area contributed by atoms with E-state index in [0.29, 0.717) is 17.3 Å². The van der Waals surface area contributed by atoms with Gasteiger partial charge in [0.05, 0.1) is 4.92 Å². The van der Waals surface area contributed by atoms with Crippen molar-refractivity contribution in [1.82, 2.24) is 0 Å². The summed E-state index contributed by atoms with van der Waals surface area (Å²) in [7, 11) is -4.41. The molecule has 1 atom stereocenters. The summed E-state index contributed by atoms with van der Waals surface area (Å²) < 4.78 is 29.4. The van der Waals surface area contributed by atoms with Gasteiger partial charge in [-0.15, -0.1) is 5.10 Å². The maximum Gasteiger partial charge on any atom is 0.498 e. The minimum atomic E-state index is -4.41. The highest BCUT2D eigenvalue weighted by Gasteiger charge is 2.51. The number of nitrogens with zero attached hydrogens (tertiary/aromatic N) is 4. The van der Waals surface area contributed by atoms with Crippen LogP contribution in [-0.4, -0.2) is 25.4 Å². The van der Waals surface area contributed by atoms with Crippen LogP contribution in [-0.2, 0) is 14.3 Å². The SMILES string of the molecule is Cc1cc(C)c(S(=O)(=O)OC2([N+](=O)[O-])C=NN=N2)c(C)c1. The van der Waals surface area contributed by atoms with Gasteiger partial charge >= 0.3 is 16.0 Å². The highest BCUT2D eigenvalue weighted by molar-refractivity contribution is 7.87. The average molecular weight is 312 g/mol. The molecule has 0 fully saturated rings. The van der Waals surface area contributed by atoms with Crippen LogP contribution in [0.3, 0.4) is 0 Å². The maximum absolute atomic E-state index is 12.4. The van der Waals surface area contributed by atoms with E-state index in [1.807, 2.05) is 6.92 Å². The van der Waals surface area contributed by atoms with Gasteiger partial charge in [0.1, 0.15) is 4.90 Å². The Morgan fingerprint density at radius 2 is 1.81 bits per heavy atom. The summed E-state index contributed by atoms with van der Waals surface area (Å²) in [6.07, 6.45) is 0.628. The summed E-state index contributed by atoms with van der Waals surface area (Å²) in [6.45, 7) is 4.98. The van der Waals surface area contributed by atoms with E-state index in [1.54, 1.807) is 26.0 Å². The molecule has 1 aromatic carbocycles. The van der Waals surface area contributed by atoms with Gasteiger partial charge in [-0.2, -0.15) is 12.6 Å². The molecule has 1 aliphatic heterocycles. The van der Waals surface area contributed by atoms with E-state index < -0.39 is 20.9 Å². The van der Waals surface area contributed by atoms with Gasteiger partial charge in [0.15, 0.2) is 6.21 Å². The summed E-state index contributed by atoms with van der Waals surface area (Å²) >= 11 is 0. The Hall–Kier alpha value is -2.20. The second-order valence-corrected chi connectivity index (χ2v) is 6.10. The molecule has 2 rings (SSSR count). The van der Waals surface area contributed by atoms with E-state index in [9.17, 15) is 18.5 Å². The largest absolute Gasteiger partial charge is 0.498 e. The number of aryl methyl sites for hydroxylation is 3. The number of hydrogen-bond acceptors (Lipinski definition) is 8. The smallest absolute Gasteiger partial charge is 0.260 e. The first kappa shape index (κ1) is 15.2. The zero-order valence-electron chi connectivity index (χ0n) is 11.5. The fraction of sp³-hybridized carbons (Fsp3) is 0.364. The quantitative estimate of drug-likeness (QED) is 0.362. The molecule has 0 bridgehead atoms. The van der Waals surface area contributed by atoms with Gasteiger partial charge in [0.2, 0.25) is 0 Å². The average Bonchev–Trinajstić information content (AvgIpc) is 2.75. The number of benzene rings is 1. The number of rotatable bonds is 4. The van der Waals surface area contributed by atoms with Crippen LogP contribution < -0.4 is 0 Å². The molecule has 0 saturated carbocycles. The van der Waals surface area contributed by atoms with E-state index in [2.05, 4.69) is 15.4 Å². The van der Waals surface area contributed by atoms with Crippen molar-refractivity contribution in [3.8, 4) is 0 Å². The molecule has 21 heavy (non-hydrogen) atoms. The fourth-order valence-electron chi connectivity index (χ4n) is 2.13. The summed E-state index contributed by atoms with van der Waals surface area (Å²) in [5.74, 6) is -2.64. The molecule has 112 valence electrons. The Labute approximate surface area is 120 Å². The first-order valence-electron chi connectivity index (χ1n) is 5.82. The van der Waals surface area contributed by atoms with Gasteiger partial charge in [-0.1, -0.05) is 22.8 Å². The molecule has 9 nitrogen and oxygen atoms in total. The molecule has 1 aliphatic rings. The first-order chi connectivity index (χ1) is 9.68. The van der Waals surface area contributed by atoms with Crippen molar-refractivity contribution in [2.45, 2.75) is 31.5 Å². The molecular weight excluding hydrogens is 300 g/mol. The van der Waals surface area contributed by atoms with Crippen LogP contribution in [0.15, 0.2) is 32.5 Å². The minimum Gasteiger partial charge on any atom is -0.260 e. The van der Waals surface area contributed by atoms with Crippen molar-refractivity contribution >= 4 is 16.3 Å². The monoisotopic (exact) mass is 312 g/mol. The topological polar surface area (TPSA) is 124 Å². The van der Waals surface area contributed by atoms with Gasteiger partial charge in [0.25, 0.3) is 0 Å². The van der Waals surface area contributed by atoms with Crippen LogP contribution in [0.4, 0.5) is 0 Å². The Morgan fingerprint density at radius 3 is 2.24 bits per heavy atom. The van der Waals surface area contributed by atoms with Gasteiger partial charge in [-0.25, -0.2) is 0 Å². The summed E-state index contributed by atoms with van der Waals surface area (Å²) in [5, 5.41) is 20.4. The van der Waals surface area contributed by atoms with Crippen LogP contribution in [0, 0.1) is 30.9 Å². The Bertz CT molecular complexity index is 734. The van der Waals surface area contributed by atoms with Gasteiger partial charge in [-0.3, -0.25) is 10.1 Å². The van der Waals surface area contributed by atoms with Crippen molar-refractivity contribution < 1.29 is 17.5 Å². The molecule has 0 aliphatic carbocycles. The lowest BCUT2D eigenvalue weighted by Crippen LogP contribution is -2.41. The number of hydrogen-bond donors (Lipinski definition) is 0. The van der Waals surface area contributed by atoms with Gasteiger partial charge in [0, 0.05) is 0 Å². The molecule has 1 aromatic rings. The summed E-state index contributed by atoms with van der Waals surface area (Å²) in [5.41, 5.74) is 1.73. The third-order valence-electron chi connectivity index (χ3n) is 2.81. The molecule has 1 heterocycles. The van der Waals surface area contributed by atoms with Gasteiger partial charge in [-0.05, 0) is 37.1 Å². The third-order valence-corrected chi connectivity index (χ3v) is 4.42. The maximum atomic E-state index is 12.4. The molecule has 0 saturated heterocycles. The molecule has 0 amide bonds. The molecule has 1 unspecified atom stereocenters. The highest BCUT2D eigenvalue weighted by Crippen LogP contribution is 2.29. The third kappa shape index (κ3) is 2.67. The first-order valence-corrected chi connectivity index (χ1v) is 7.23. The highest BCUT2D eigenvalue weighted by atomic mass is 32.2. The zero-order valence-corrected chi connectivity index (χ0v) is 12.3. The minimum absolute atomic E-state index is 0.121. The van der Waals surface area contributed by atoms with Crippen molar-refractivity contribution in [2.24, 2.45) is 15.4 Å². The molecule has 10 heteroatoms. The Balaban J connectivity index is 2.52. The van der Waals surface area contributed by atoms with Crippen molar-refractivity contribution in [3.63, 3.8) is 0 Å². The van der Waals surface area contributed by atoms with E-state index >= 15 is 0 Å². The molecule has 0 spiro atoms. The van der Waals surface area contributed by atoms with E-state index in [-0.39, 0.29) is 4.90 Å². The molecular formula is C11H12N4O5S. The van der Waals surface area contributed by atoms with Crippen molar-refractivity contribution in [3.05, 3.63) is 38.9 Å². The lowest BCUT2D eigenvalue weighted by Gasteiger charge is -2.15. The normalized spacial score (nSPS) is 20.9. The lowest BCUT2D eigenvalue weighted by atomic mass is 10.1. The Kier molecular flexibility index (Phi) is 3.59. The molecule has 0 N–H and O–H groups in total. The predicted molar refractivity (Wildman–Crippen MR) is 72.0 cm³/mol. The predicted octanol–water partition coefficient (Wildman–Crippen LogP) is 1.70. The lowest BCUT2D eigenvalue weighted by molar-refractivity contribution is -0.587. The second-order valence-electron chi connectivity index (χ2n) is 4.62. The van der Waals surface area contributed by atoms with Crippen LogP contribution >= 0.6 is 0 Å². The zero-order chi connectivity index (χ0) is 15.8. The van der Waals surface area contributed by atoms with Crippen LogP contribution in [0.1, 0.15) is 16.7 Å². The number of nitro groups is 1. The van der Waals surface area contributed by atoms with Crippen molar-refractivity contribution in [1.29, 1.82) is 0 Å². The van der Waals surface area contributed by atoms with Crippen LogP contribution in [0.5, 0.6) is 0 Å². The standard InChI is InChI=1S/C11H12N4O5S/c1-7-4-8(2)10(9(3)5-7)21(18,19)20-11(15(16)17)6-12-14-13-11/h4-6H,1-3H3. The summed E-state index contributed by atoms with van der Waals surface area (Å²) in [6, 6.07) is 3.29. The summed E-state index contributed by atoms with van der Waals surface area (Å²) in [4.78, 5) is 9.90. The molecule has 0 aromatic heterocycles. The van der Waals surface area contributed by atoms with E-state index in [4.69, 9.17) is 4.18 Å². The van der Waals surface area contributed by atoms with Gasteiger partial charge < -0.3 is 0 Å². The van der Waals surface area contributed by atoms with E-state index in [1.165, 1.54) is 0 Å². The second kappa shape index (κ2) is 4.97. The van der Waals surface area contributed by atoms with Crippen LogP contribution in [0.25, 0.3) is 0 Å². The van der Waals surface area contributed by atoms with Crippen LogP contribution in [0.2, 0.25) is 0 Å². The Morgan fingerprint density at radius 1 is 1.24 bits per heavy atom. The fourth-order valence-corrected chi connectivity index (χ4v) is 3.58.